The zero-order chi connectivity index (χ0) is 23.4. The number of pyridine rings is 1. The van der Waals surface area contributed by atoms with Gasteiger partial charge in [0, 0.05) is 67.6 Å². The Labute approximate surface area is 195 Å². The number of nitrogens with one attached hydrogen (secondary N) is 3. The minimum absolute atomic E-state index is 0.115. The van der Waals surface area contributed by atoms with Gasteiger partial charge in [-0.1, -0.05) is 24.8 Å². The molecule has 0 saturated heterocycles. The quantitative estimate of drug-likeness (QED) is 0.577. The second kappa shape index (κ2) is 9.40. The van der Waals surface area contributed by atoms with Crippen LogP contribution in [-0.4, -0.2) is 47.3 Å². The van der Waals surface area contributed by atoms with E-state index in [1.165, 1.54) is 5.57 Å². The molecular formula is C26H31N7. The number of aliphatic imine (C=N–C) groups is 1. The van der Waals surface area contributed by atoms with E-state index in [1.807, 2.05) is 51.6 Å². The van der Waals surface area contributed by atoms with Crippen molar-refractivity contribution in [1.29, 1.82) is 0 Å². The summed E-state index contributed by atoms with van der Waals surface area (Å²) in [6, 6.07) is 5.97. The molecule has 170 valence electrons. The van der Waals surface area contributed by atoms with Crippen LogP contribution >= 0.6 is 0 Å². The highest BCUT2D eigenvalue weighted by atomic mass is 15.0. The maximum absolute atomic E-state index is 4.98. The highest BCUT2D eigenvalue weighted by molar-refractivity contribution is 5.83. The Morgan fingerprint density at radius 3 is 2.76 bits per heavy atom. The van der Waals surface area contributed by atoms with Crippen molar-refractivity contribution in [3.05, 3.63) is 83.8 Å². The number of rotatable bonds is 8. The summed E-state index contributed by atoms with van der Waals surface area (Å²) in [5.41, 5.74) is 6.79. The van der Waals surface area contributed by atoms with Crippen molar-refractivity contribution in [1.82, 2.24) is 25.6 Å². The Balaban J connectivity index is 1.47. The van der Waals surface area contributed by atoms with E-state index in [0.29, 0.717) is 0 Å². The van der Waals surface area contributed by atoms with Crippen LogP contribution in [0.3, 0.4) is 0 Å². The van der Waals surface area contributed by atoms with Crippen LogP contribution in [0.25, 0.3) is 11.3 Å². The van der Waals surface area contributed by atoms with Gasteiger partial charge in [0.25, 0.3) is 0 Å². The fraction of sp³-hybridized carbons (Fsp3) is 0.308. The van der Waals surface area contributed by atoms with Crippen LogP contribution in [0.15, 0.2) is 83.1 Å². The molecule has 1 aliphatic carbocycles. The molecule has 2 aromatic heterocycles. The first-order chi connectivity index (χ1) is 16.0. The Kier molecular flexibility index (Phi) is 6.40. The number of nitrogens with zero attached hydrogens (tertiary/aromatic N) is 4. The molecule has 2 atom stereocenters. The first-order valence-corrected chi connectivity index (χ1v) is 11.2. The summed E-state index contributed by atoms with van der Waals surface area (Å²) in [6.07, 6.45) is 12.7. The summed E-state index contributed by atoms with van der Waals surface area (Å²) in [7, 11) is 3.82. The zero-order valence-electron chi connectivity index (χ0n) is 19.7. The summed E-state index contributed by atoms with van der Waals surface area (Å²) in [4.78, 5) is 18.1. The van der Waals surface area contributed by atoms with Gasteiger partial charge in [-0.15, -0.1) is 0 Å². The normalized spacial score (nSPS) is 21.3. The monoisotopic (exact) mass is 441 g/mol. The van der Waals surface area contributed by atoms with E-state index in [4.69, 9.17) is 4.99 Å². The molecule has 7 heteroatoms. The fourth-order valence-corrected chi connectivity index (χ4v) is 4.39. The third kappa shape index (κ3) is 4.44. The first-order valence-electron chi connectivity index (χ1n) is 11.2. The molecule has 0 aromatic carbocycles. The van der Waals surface area contributed by atoms with Crippen molar-refractivity contribution < 1.29 is 0 Å². The summed E-state index contributed by atoms with van der Waals surface area (Å²) < 4.78 is 0. The molecule has 0 bridgehead atoms. The molecule has 2 unspecified atom stereocenters. The number of anilines is 1. The summed E-state index contributed by atoms with van der Waals surface area (Å²) in [5.74, 6) is 0.910. The molecule has 3 N–H and O–H groups in total. The van der Waals surface area contributed by atoms with Gasteiger partial charge in [0.05, 0.1) is 16.9 Å². The van der Waals surface area contributed by atoms with Gasteiger partial charge in [-0.05, 0) is 38.0 Å². The van der Waals surface area contributed by atoms with Gasteiger partial charge in [-0.25, -0.2) is 9.97 Å². The van der Waals surface area contributed by atoms with Gasteiger partial charge in [0.1, 0.15) is 12.1 Å². The molecule has 4 rings (SSSR count). The van der Waals surface area contributed by atoms with Gasteiger partial charge in [0.15, 0.2) is 0 Å². The number of hydrogen-bond donors (Lipinski definition) is 3. The van der Waals surface area contributed by atoms with Crippen LogP contribution in [0.5, 0.6) is 0 Å². The summed E-state index contributed by atoms with van der Waals surface area (Å²) in [6.45, 7) is 9.14. The van der Waals surface area contributed by atoms with E-state index >= 15 is 0 Å². The lowest BCUT2D eigenvalue weighted by atomic mass is 9.69. The SMILES string of the molecule is C=C(NC)C1=C(NC)C=NC2(C)C(CCNc3cc(-c4ccc(C)nc4)ncn3)=CC=CC12. The molecule has 1 aliphatic heterocycles. The summed E-state index contributed by atoms with van der Waals surface area (Å²) >= 11 is 0. The third-order valence-electron chi connectivity index (χ3n) is 6.39. The van der Waals surface area contributed by atoms with Crippen LogP contribution in [0, 0.1) is 12.8 Å². The van der Waals surface area contributed by atoms with Crippen molar-refractivity contribution in [2.45, 2.75) is 25.8 Å². The minimum Gasteiger partial charge on any atom is -0.388 e. The molecule has 0 fully saturated rings. The van der Waals surface area contributed by atoms with E-state index in [2.05, 4.69) is 62.6 Å². The van der Waals surface area contributed by atoms with Crippen molar-refractivity contribution in [3.63, 3.8) is 0 Å². The number of allylic oxidation sites excluding steroid dienone is 4. The van der Waals surface area contributed by atoms with Crippen molar-refractivity contribution in [3.8, 4) is 11.3 Å². The average Bonchev–Trinajstić information content (AvgIpc) is 2.84. The van der Waals surface area contributed by atoms with Crippen molar-refractivity contribution >= 4 is 12.0 Å². The molecule has 7 nitrogen and oxygen atoms in total. The Bertz CT molecular complexity index is 1160. The average molecular weight is 442 g/mol. The maximum atomic E-state index is 4.98. The van der Waals surface area contributed by atoms with Gasteiger partial charge < -0.3 is 16.0 Å². The number of dihydropyridines is 1. The number of aromatic nitrogens is 3. The molecule has 0 saturated carbocycles. The fourth-order valence-electron chi connectivity index (χ4n) is 4.39. The lowest BCUT2D eigenvalue weighted by molar-refractivity contribution is 0.431. The van der Waals surface area contributed by atoms with Gasteiger partial charge >= 0.3 is 0 Å². The molecule has 2 aromatic rings. The first kappa shape index (κ1) is 22.5. The van der Waals surface area contributed by atoms with Crippen LogP contribution in [0.4, 0.5) is 5.82 Å². The Morgan fingerprint density at radius 2 is 2.03 bits per heavy atom. The number of fused-ring (bicyclic) bond motifs is 1. The van der Waals surface area contributed by atoms with Gasteiger partial charge in [0.2, 0.25) is 0 Å². The lowest BCUT2D eigenvalue weighted by Crippen LogP contribution is -2.42. The lowest BCUT2D eigenvalue weighted by Gasteiger charge is -2.42. The van der Waals surface area contributed by atoms with E-state index in [9.17, 15) is 0 Å². The van der Waals surface area contributed by atoms with E-state index in [0.717, 1.165) is 52.7 Å². The predicted octanol–water partition coefficient (Wildman–Crippen LogP) is 3.81. The molecule has 0 amide bonds. The van der Waals surface area contributed by atoms with E-state index < -0.39 is 0 Å². The zero-order valence-corrected chi connectivity index (χ0v) is 19.7. The minimum atomic E-state index is -0.351. The van der Waals surface area contributed by atoms with Gasteiger partial charge in [-0.2, -0.15) is 0 Å². The second-order valence-corrected chi connectivity index (χ2v) is 8.42. The predicted molar refractivity (Wildman–Crippen MR) is 135 cm³/mol. The largest absolute Gasteiger partial charge is 0.388 e. The topological polar surface area (TPSA) is 87.1 Å². The molecular weight excluding hydrogens is 410 g/mol. The number of aryl methyl sites for hydroxylation is 1. The third-order valence-corrected chi connectivity index (χ3v) is 6.39. The van der Waals surface area contributed by atoms with E-state index in [-0.39, 0.29) is 11.5 Å². The molecule has 2 aliphatic rings. The summed E-state index contributed by atoms with van der Waals surface area (Å²) in [5, 5.41) is 9.93. The number of likely N-dealkylation sites (N-methyl/N-ethyl adjacent to an activating group) is 1. The van der Waals surface area contributed by atoms with Crippen LogP contribution in [0.2, 0.25) is 0 Å². The van der Waals surface area contributed by atoms with Crippen molar-refractivity contribution in [2.24, 2.45) is 10.9 Å². The van der Waals surface area contributed by atoms with Crippen LogP contribution in [0.1, 0.15) is 19.0 Å². The number of hydrogen-bond acceptors (Lipinski definition) is 7. The smallest absolute Gasteiger partial charge is 0.129 e. The molecule has 33 heavy (non-hydrogen) atoms. The molecule has 0 radical (unpaired) electrons. The standard InChI is InChI=1S/C26H31N7/c1-17-9-10-19(14-30-17)22-13-24(32-16-31-22)29-12-11-20-7-6-8-21-25(18(2)27-4)23(28-5)15-33-26(20,21)3/h6-10,13-16,21,27-28H,2,11-12H2,1,3-5H3,(H,29,31,32). The second-order valence-electron chi connectivity index (χ2n) is 8.42. The highest BCUT2D eigenvalue weighted by Crippen LogP contribution is 2.44. The highest BCUT2D eigenvalue weighted by Gasteiger charge is 2.42. The van der Waals surface area contributed by atoms with Gasteiger partial charge in [-0.3, -0.25) is 9.98 Å². The maximum Gasteiger partial charge on any atom is 0.129 e. The molecule has 3 heterocycles. The van der Waals surface area contributed by atoms with Crippen LogP contribution < -0.4 is 16.0 Å². The van der Waals surface area contributed by atoms with Crippen LogP contribution in [-0.2, 0) is 0 Å². The Hall–Kier alpha value is -3.74. The van der Waals surface area contributed by atoms with Crippen molar-refractivity contribution in [2.75, 3.05) is 26.0 Å². The molecule has 0 spiro atoms. The Morgan fingerprint density at radius 1 is 1.18 bits per heavy atom. The van der Waals surface area contributed by atoms with E-state index in [1.54, 1.807) is 6.33 Å².